The number of hydrogen-bond acceptors (Lipinski definition) is 5. The highest BCUT2D eigenvalue weighted by molar-refractivity contribution is 7.87. The summed E-state index contributed by atoms with van der Waals surface area (Å²) in [5.41, 5.74) is 1.65. The van der Waals surface area contributed by atoms with Crippen molar-refractivity contribution in [2.75, 3.05) is 20.3 Å². The van der Waals surface area contributed by atoms with Crippen LogP contribution in [-0.2, 0) is 26.2 Å². The maximum atomic E-state index is 13.4. The Hall–Kier alpha value is -3.23. The summed E-state index contributed by atoms with van der Waals surface area (Å²) in [6.45, 7) is 2.99. The van der Waals surface area contributed by atoms with Crippen LogP contribution in [0.15, 0.2) is 83.8 Å². The number of methoxy groups -OCH3 is 1. The molecule has 0 spiro atoms. The van der Waals surface area contributed by atoms with Crippen LogP contribution in [0.25, 0.3) is 0 Å². The zero-order valence-electron chi connectivity index (χ0n) is 19.2. The third-order valence-electron chi connectivity index (χ3n) is 5.37. The lowest BCUT2D eigenvalue weighted by Crippen LogP contribution is -2.37. The SMILES string of the molecule is CCC(C(=O)N(CCOC)Cc1cccc(OS(=O)(=O)c2ccc(F)cc2)c1)c1ccccc1. The minimum Gasteiger partial charge on any atom is -0.383 e. The molecule has 0 aromatic heterocycles. The lowest BCUT2D eigenvalue weighted by molar-refractivity contribution is -0.134. The van der Waals surface area contributed by atoms with E-state index in [4.69, 9.17) is 8.92 Å². The van der Waals surface area contributed by atoms with E-state index >= 15 is 0 Å². The Labute approximate surface area is 200 Å². The number of carbonyl (C=O) groups excluding carboxylic acids is 1. The summed E-state index contributed by atoms with van der Waals surface area (Å²) < 4.78 is 48.7. The van der Waals surface area contributed by atoms with E-state index in [2.05, 4.69) is 0 Å². The molecule has 3 aromatic rings. The van der Waals surface area contributed by atoms with Crippen LogP contribution in [0.1, 0.15) is 30.4 Å². The third-order valence-corrected chi connectivity index (χ3v) is 6.63. The highest BCUT2D eigenvalue weighted by Gasteiger charge is 2.25. The molecular formula is C26H28FNO5S. The van der Waals surface area contributed by atoms with E-state index in [1.54, 1.807) is 30.2 Å². The molecule has 0 aliphatic heterocycles. The second-order valence-electron chi connectivity index (χ2n) is 7.76. The van der Waals surface area contributed by atoms with Gasteiger partial charge < -0.3 is 13.8 Å². The zero-order chi connectivity index (χ0) is 24.6. The fourth-order valence-corrected chi connectivity index (χ4v) is 4.54. The van der Waals surface area contributed by atoms with Crippen molar-refractivity contribution in [2.24, 2.45) is 0 Å². The van der Waals surface area contributed by atoms with Crippen LogP contribution in [0.2, 0.25) is 0 Å². The van der Waals surface area contributed by atoms with Crippen LogP contribution in [-0.4, -0.2) is 39.5 Å². The number of ether oxygens (including phenoxy) is 1. The summed E-state index contributed by atoms with van der Waals surface area (Å²) in [6.07, 6.45) is 0.644. The van der Waals surface area contributed by atoms with Crippen LogP contribution in [0.4, 0.5) is 4.39 Å². The highest BCUT2D eigenvalue weighted by atomic mass is 32.2. The molecule has 0 bridgehead atoms. The molecule has 1 atom stereocenters. The average Bonchev–Trinajstić information content (AvgIpc) is 2.83. The number of nitrogens with zero attached hydrogens (tertiary/aromatic N) is 1. The molecule has 0 saturated carbocycles. The summed E-state index contributed by atoms with van der Waals surface area (Å²) in [5, 5.41) is 0. The molecule has 1 amide bonds. The van der Waals surface area contributed by atoms with E-state index in [0.29, 0.717) is 25.1 Å². The van der Waals surface area contributed by atoms with Gasteiger partial charge in [-0.2, -0.15) is 8.42 Å². The second kappa shape index (κ2) is 11.8. The Kier molecular flexibility index (Phi) is 8.79. The van der Waals surface area contributed by atoms with Crippen molar-refractivity contribution < 1.29 is 26.5 Å². The summed E-state index contributed by atoms with van der Waals surface area (Å²) in [4.78, 5) is 15.0. The van der Waals surface area contributed by atoms with Gasteiger partial charge in [-0.15, -0.1) is 0 Å². The lowest BCUT2D eigenvalue weighted by Gasteiger charge is -2.27. The van der Waals surface area contributed by atoms with Gasteiger partial charge in [0, 0.05) is 20.2 Å². The van der Waals surface area contributed by atoms with Crippen molar-refractivity contribution in [1.82, 2.24) is 4.90 Å². The van der Waals surface area contributed by atoms with Gasteiger partial charge in [-0.3, -0.25) is 4.79 Å². The van der Waals surface area contributed by atoms with Gasteiger partial charge in [0.2, 0.25) is 5.91 Å². The molecule has 0 heterocycles. The Bertz CT molecular complexity index is 1180. The molecular weight excluding hydrogens is 457 g/mol. The molecule has 6 nitrogen and oxygen atoms in total. The van der Waals surface area contributed by atoms with Crippen molar-refractivity contribution >= 4 is 16.0 Å². The Morgan fingerprint density at radius 3 is 2.35 bits per heavy atom. The van der Waals surface area contributed by atoms with Crippen LogP contribution in [0.5, 0.6) is 5.75 Å². The normalized spacial score (nSPS) is 12.2. The van der Waals surface area contributed by atoms with Gasteiger partial charge in [-0.05, 0) is 53.9 Å². The Balaban J connectivity index is 1.80. The summed E-state index contributed by atoms with van der Waals surface area (Å²) in [7, 11) is -2.55. The van der Waals surface area contributed by atoms with Crippen LogP contribution in [0, 0.1) is 5.82 Å². The Morgan fingerprint density at radius 1 is 1.00 bits per heavy atom. The van der Waals surface area contributed by atoms with Crippen LogP contribution in [0.3, 0.4) is 0 Å². The van der Waals surface area contributed by atoms with Gasteiger partial charge in [0.25, 0.3) is 0 Å². The standard InChI is InChI=1S/C26H28FNO5S/c1-3-25(21-9-5-4-6-10-21)26(29)28(16-17-32-2)19-20-8-7-11-23(18-20)33-34(30,31)24-14-12-22(27)13-15-24/h4-15,18,25H,3,16-17,19H2,1-2H3. The van der Waals surface area contributed by atoms with Crippen molar-refractivity contribution in [1.29, 1.82) is 0 Å². The van der Waals surface area contributed by atoms with Crippen LogP contribution < -0.4 is 4.18 Å². The van der Waals surface area contributed by atoms with E-state index in [9.17, 15) is 17.6 Å². The molecule has 0 aliphatic rings. The monoisotopic (exact) mass is 485 g/mol. The number of amides is 1. The first-order valence-electron chi connectivity index (χ1n) is 11.0. The summed E-state index contributed by atoms with van der Waals surface area (Å²) >= 11 is 0. The predicted molar refractivity (Wildman–Crippen MR) is 127 cm³/mol. The van der Waals surface area contributed by atoms with E-state index < -0.39 is 15.9 Å². The summed E-state index contributed by atoms with van der Waals surface area (Å²) in [5.74, 6) is -0.758. The molecule has 0 fully saturated rings. The molecule has 0 saturated heterocycles. The molecule has 0 aliphatic carbocycles. The quantitative estimate of drug-likeness (QED) is 0.366. The Morgan fingerprint density at radius 2 is 1.71 bits per heavy atom. The van der Waals surface area contributed by atoms with E-state index in [1.165, 1.54) is 6.07 Å². The topological polar surface area (TPSA) is 72.9 Å². The van der Waals surface area contributed by atoms with Gasteiger partial charge in [0.1, 0.15) is 16.5 Å². The number of rotatable bonds is 11. The van der Waals surface area contributed by atoms with Gasteiger partial charge in [0.05, 0.1) is 12.5 Å². The molecule has 3 rings (SSSR count). The fourth-order valence-electron chi connectivity index (χ4n) is 3.62. The highest BCUT2D eigenvalue weighted by Crippen LogP contribution is 2.25. The lowest BCUT2D eigenvalue weighted by atomic mass is 9.95. The number of carbonyl (C=O) groups is 1. The van der Waals surface area contributed by atoms with E-state index in [0.717, 1.165) is 29.8 Å². The predicted octanol–water partition coefficient (Wildman–Crippen LogP) is 4.76. The number of benzene rings is 3. The molecule has 0 radical (unpaired) electrons. The minimum atomic E-state index is -4.13. The van der Waals surface area contributed by atoms with E-state index in [1.807, 2.05) is 37.3 Å². The van der Waals surface area contributed by atoms with Crippen molar-refractivity contribution in [3.63, 3.8) is 0 Å². The number of hydrogen-bond donors (Lipinski definition) is 0. The molecule has 0 N–H and O–H groups in total. The average molecular weight is 486 g/mol. The van der Waals surface area contributed by atoms with Gasteiger partial charge in [-0.25, -0.2) is 4.39 Å². The third kappa shape index (κ3) is 6.65. The van der Waals surface area contributed by atoms with Gasteiger partial charge >= 0.3 is 10.1 Å². The van der Waals surface area contributed by atoms with Crippen LogP contribution >= 0.6 is 0 Å². The van der Waals surface area contributed by atoms with Gasteiger partial charge in [0.15, 0.2) is 0 Å². The summed E-state index contributed by atoms with van der Waals surface area (Å²) in [6, 6.07) is 20.6. The van der Waals surface area contributed by atoms with Crippen molar-refractivity contribution in [3.8, 4) is 5.75 Å². The first-order chi connectivity index (χ1) is 16.3. The maximum absolute atomic E-state index is 13.4. The fraction of sp³-hybridized carbons (Fsp3) is 0.269. The second-order valence-corrected chi connectivity index (χ2v) is 9.31. The van der Waals surface area contributed by atoms with Crippen molar-refractivity contribution in [3.05, 3.63) is 95.8 Å². The first kappa shape index (κ1) is 25.4. The largest absolute Gasteiger partial charge is 0.383 e. The van der Waals surface area contributed by atoms with Gasteiger partial charge in [-0.1, -0.05) is 49.4 Å². The molecule has 8 heteroatoms. The maximum Gasteiger partial charge on any atom is 0.339 e. The molecule has 180 valence electrons. The first-order valence-corrected chi connectivity index (χ1v) is 12.4. The van der Waals surface area contributed by atoms with Crippen molar-refractivity contribution in [2.45, 2.75) is 30.7 Å². The smallest absolute Gasteiger partial charge is 0.339 e. The minimum absolute atomic E-state index is 0.0315. The molecule has 34 heavy (non-hydrogen) atoms. The molecule has 3 aromatic carbocycles. The molecule has 1 unspecified atom stereocenters. The van der Waals surface area contributed by atoms with E-state index in [-0.39, 0.29) is 29.0 Å². The zero-order valence-corrected chi connectivity index (χ0v) is 20.0. The number of halogens is 1.